The molecule has 3 rings (SSSR count). The Balaban J connectivity index is 1.51. The molecule has 0 radical (unpaired) electrons. The van der Waals surface area contributed by atoms with Crippen LogP contribution in [0.5, 0.6) is 0 Å². The molecule has 1 aromatic rings. The Morgan fingerprint density at radius 3 is 2.84 bits per heavy atom. The molecule has 2 nitrogen and oxygen atoms in total. The van der Waals surface area contributed by atoms with Crippen LogP contribution in [0.3, 0.4) is 0 Å². The first kappa shape index (κ1) is 13.8. The third-order valence-corrected chi connectivity index (χ3v) is 6.40. The SMILES string of the molecule is Clc1ccc(CCN=C2NC3(CCCCC3)CS2)s1. The minimum absolute atomic E-state index is 0.369. The van der Waals surface area contributed by atoms with Gasteiger partial charge in [0.25, 0.3) is 0 Å². The fourth-order valence-electron chi connectivity index (χ4n) is 2.84. The van der Waals surface area contributed by atoms with Crippen molar-refractivity contribution < 1.29 is 0 Å². The number of hydrogen-bond acceptors (Lipinski definition) is 3. The predicted molar refractivity (Wildman–Crippen MR) is 86.7 cm³/mol. The molecule has 1 saturated heterocycles. The maximum atomic E-state index is 5.93. The number of rotatable bonds is 3. The number of nitrogens with zero attached hydrogens (tertiary/aromatic N) is 1. The third kappa shape index (κ3) is 3.47. The second kappa shape index (κ2) is 6.06. The first-order chi connectivity index (χ1) is 9.26. The lowest BCUT2D eigenvalue weighted by atomic mass is 9.83. The number of amidine groups is 1. The number of aliphatic imine (C=N–C) groups is 1. The van der Waals surface area contributed by atoms with Crippen LogP contribution in [0.15, 0.2) is 17.1 Å². The average Bonchev–Trinajstić information content (AvgIpc) is 2.99. The second-order valence-corrected chi connectivity index (χ2v) is 8.16. The molecule has 5 heteroatoms. The number of thiophene rings is 1. The van der Waals surface area contributed by atoms with E-state index in [0.29, 0.717) is 5.54 Å². The molecule has 1 saturated carbocycles. The zero-order chi connectivity index (χ0) is 13.1. The van der Waals surface area contributed by atoms with Gasteiger partial charge >= 0.3 is 0 Å². The largest absolute Gasteiger partial charge is 0.359 e. The van der Waals surface area contributed by atoms with Crippen LogP contribution >= 0.6 is 34.7 Å². The number of thioether (sulfide) groups is 1. The van der Waals surface area contributed by atoms with E-state index < -0.39 is 0 Å². The Morgan fingerprint density at radius 1 is 1.26 bits per heavy atom. The maximum Gasteiger partial charge on any atom is 0.157 e. The molecule has 0 aromatic carbocycles. The smallest absolute Gasteiger partial charge is 0.157 e. The van der Waals surface area contributed by atoms with Crippen molar-refractivity contribution in [1.29, 1.82) is 0 Å². The minimum atomic E-state index is 0.369. The average molecular weight is 315 g/mol. The molecule has 1 N–H and O–H groups in total. The zero-order valence-corrected chi connectivity index (χ0v) is 13.3. The summed E-state index contributed by atoms with van der Waals surface area (Å²) < 4.78 is 0.872. The Morgan fingerprint density at radius 2 is 2.11 bits per heavy atom. The summed E-state index contributed by atoms with van der Waals surface area (Å²) in [5.41, 5.74) is 0.369. The highest BCUT2D eigenvalue weighted by Gasteiger charge is 2.37. The highest BCUT2D eigenvalue weighted by Crippen LogP contribution is 2.36. The van der Waals surface area contributed by atoms with Gasteiger partial charge in [-0.3, -0.25) is 4.99 Å². The molecule has 1 aliphatic carbocycles. The summed E-state index contributed by atoms with van der Waals surface area (Å²) in [4.78, 5) is 6.03. The fourth-order valence-corrected chi connectivity index (χ4v) is 5.16. The van der Waals surface area contributed by atoms with Gasteiger partial charge in [0.15, 0.2) is 5.17 Å². The number of halogens is 1. The third-order valence-electron chi connectivity index (χ3n) is 3.91. The monoisotopic (exact) mass is 314 g/mol. The molecule has 1 aliphatic heterocycles. The van der Waals surface area contributed by atoms with Gasteiger partial charge in [0.2, 0.25) is 0 Å². The Labute approximate surface area is 128 Å². The van der Waals surface area contributed by atoms with Crippen LogP contribution in [0.1, 0.15) is 37.0 Å². The van der Waals surface area contributed by atoms with Gasteiger partial charge in [-0.25, -0.2) is 0 Å². The van der Waals surface area contributed by atoms with Gasteiger partial charge in [0, 0.05) is 29.1 Å². The zero-order valence-electron chi connectivity index (χ0n) is 11.0. The van der Waals surface area contributed by atoms with Gasteiger partial charge in [-0.1, -0.05) is 42.6 Å². The summed E-state index contributed by atoms with van der Waals surface area (Å²) in [5, 5.41) is 4.85. The lowest BCUT2D eigenvalue weighted by Crippen LogP contribution is -2.45. The summed E-state index contributed by atoms with van der Waals surface area (Å²) in [6.45, 7) is 0.863. The number of nitrogens with one attached hydrogen (secondary N) is 1. The van der Waals surface area contributed by atoms with Crippen molar-refractivity contribution in [2.24, 2.45) is 4.99 Å². The van der Waals surface area contributed by atoms with Crippen LogP contribution in [0.25, 0.3) is 0 Å². The highest BCUT2D eigenvalue weighted by molar-refractivity contribution is 8.14. The molecular weight excluding hydrogens is 296 g/mol. The minimum Gasteiger partial charge on any atom is -0.359 e. The van der Waals surface area contributed by atoms with Gasteiger partial charge in [-0.2, -0.15) is 0 Å². The lowest BCUT2D eigenvalue weighted by molar-refractivity contribution is 0.303. The van der Waals surface area contributed by atoms with E-state index >= 15 is 0 Å². The standard InChI is InChI=1S/C14H19ClN2S2/c15-12-5-4-11(19-12)6-9-16-13-17-14(10-18-13)7-2-1-3-8-14/h4-5H,1-3,6-10H2,(H,16,17). The summed E-state index contributed by atoms with van der Waals surface area (Å²) in [5.74, 6) is 1.21. The van der Waals surface area contributed by atoms with E-state index in [9.17, 15) is 0 Å². The van der Waals surface area contributed by atoms with Crippen LogP contribution in [-0.2, 0) is 6.42 Å². The molecule has 2 heterocycles. The predicted octanol–water partition coefficient (Wildman–Crippen LogP) is 4.34. The molecule has 104 valence electrons. The molecule has 2 fully saturated rings. The normalized spacial score (nSPS) is 23.9. The quantitative estimate of drug-likeness (QED) is 0.897. The van der Waals surface area contributed by atoms with E-state index in [-0.39, 0.29) is 0 Å². The summed E-state index contributed by atoms with van der Waals surface area (Å²) in [7, 11) is 0. The second-order valence-electron chi connectivity index (χ2n) is 5.40. The molecular formula is C14H19ClN2S2. The van der Waals surface area contributed by atoms with Crippen molar-refractivity contribution in [1.82, 2.24) is 5.32 Å². The van der Waals surface area contributed by atoms with Crippen molar-refractivity contribution >= 4 is 39.9 Å². The van der Waals surface area contributed by atoms with Crippen LogP contribution in [-0.4, -0.2) is 23.0 Å². The van der Waals surface area contributed by atoms with Crippen molar-refractivity contribution in [3.63, 3.8) is 0 Å². The molecule has 0 bridgehead atoms. The van der Waals surface area contributed by atoms with Crippen molar-refractivity contribution in [2.75, 3.05) is 12.3 Å². The van der Waals surface area contributed by atoms with Gasteiger partial charge in [-0.05, 0) is 25.0 Å². The van der Waals surface area contributed by atoms with E-state index in [0.717, 1.165) is 22.5 Å². The van der Waals surface area contributed by atoms with Crippen LogP contribution in [0, 0.1) is 0 Å². The van der Waals surface area contributed by atoms with Crippen LogP contribution in [0.2, 0.25) is 4.34 Å². The molecule has 0 atom stereocenters. The first-order valence-corrected chi connectivity index (χ1v) is 9.13. The van der Waals surface area contributed by atoms with Gasteiger partial charge in [0.1, 0.15) is 0 Å². The van der Waals surface area contributed by atoms with Crippen molar-refractivity contribution in [3.05, 3.63) is 21.3 Å². The first-order valence-electron chi connectivity index (χ1n) is 6.95. The molecule has 1 aromatic heterocycles. The van der Waals surface area contributed by atoms with E-state index in [1.165, 1.54) is 42.7 Å². The number of hydrogen-bond donors (Lipinski definition) is 1. The molecule has 0 unspecified atom stereocenters. The molecule has 2 aliphatic rings. The van der Waals surface area contributed by atoms with E-state index in [4.69, 9.17) is 16.6 Å². The van der Waals surface area contributed by atoms with E-state index in [1.807, 2.05) is 17.8 Å². The fraction of sp³-hybridized carbons (Fsp3) is 0.643. The summed E-state index contributed by atoms with van der Waals surface area (Å²) >= 11 is 9.50. The van der Waals surface area contributed by atoms with Gasteiger partial charge < -0.3 is 5.32 Å². The Bertz CT molecular complexity index is 464. The van der Waals surface area contributed by atoms with Crippen LogP contribution < -0.4 is 5.32 Å². The topological polar surface area (TPSA) is 24.4 Å². The van der Waals surface area contributed by atoms with Crippen LogP contribution in [0.4, 0.5) is 0 Å². The Hall–Kier alpha value is -0.190. The van der Waals surface area contributed by atoms with Gasteiger partial charge in [0.05, 0.1) is 4.34 Å². The molecule has 19 heavy (non-hydrogen) atoms. The van der Waals surface area contributed by atoms with Crippen molar-refractivity contribution in [2.45, 2.75) is 44.1 Å². The molecule has 1 spiro atoms. The van der Waals surface area contributed by atoms with E-state index in [1.54, 1.807) is 11.3 Å². The van der Waals surface area contributed by atoms with E-state index in [2.05, 4.69) is 11.4 Å². The molecule has 0 amide bonds. The van der Waals surface area contributed by atoms with Gasteiger partial charge in [-0.15, -0.1) is 11.3 Å². The maximum absolute atomic E-state index is 5.93. The summed E-state index contributed by atoms with van der Waals surface area (Å²) in [6, 6.07) is 4.07. The highest BCUT2D eigenvalue weighted by atomic mass is 35.5. The lowest BCUT2D eigenvalue weighted by Gasteiger charge is -2.32. The Kier molecular flexibility index (Phi) is 4.40. The summed E-state index contributed by atoms with van der Waals surface area (Å²) in [6.07, 6.45) is 7.78. The van der Waals surface area contributed by atoms with Crippen molar-refractivity contribution in [3.8, 4) is 0 Å².